The topological polar surface area (TPSA) is 54.4 Å². The molecule has 186 valence electrons. The van der Waals surface area contributed by atoms with E-state index in [1.165, 1.54) is 6.07 Å². The van der Waals surface area contributed by atoms with Gasteiger partial charge in [-0.3, -0.25) is 0 Å². The van der Waals surface area contributed by atoms with Gasteiger partial charge in [-0.25, -0.2) is 9.79 Å². The zero-order chi connectivity index (χ0) is 25.3. The molecule has 9 heteroatoms. The van der Waals surface area contributed by atoms with Gasteiger partial charge >= 0.3 is 12.3 Å². The predicted molar refractivity (Wildman–Crippen MR) is 129 cm³/mol. The van der Waals surface area contributed by atoms with Crippen LogP contribution in [0.25, 0.3) is 0 Å². The van der Waals surface area contributed by atoms with E-state index in [0.29, 0.717) is 42.5 Å². The summed E-state index contributed by atoms with van der Waals surface area (Å²) in [4.78, 5) is 21.2. The van der Waals surface area contributed by atoms with Crippen molar-refractivity contribution in [2.45, 2.75) is 25.7 Å². The lowest BCUT2D eigenvalue weighted by Gasteiger charge is -2.40. The van der Waals surface area contributed by atoms with E-state index < -0.39 is 11.7 Å². The normalized spacial score (nSPS) is 17.3. The number of rotatable bonds is 2. The molecule has 3 aromatic rings. The highest BCUT2D eigenvalue weighted by atomic mass is 19.4. The number of halogens is 3. The van der Waals surface area contributed by atoms with Gasteiger partial charge in [0.15, 0.2) is 5.75 Å². The third-order valence-corrected chi connectivity index (χ3v) is 6.23. The van der Waals surface area contributed by atoms with E-state index in [2.05, 4.69) is 0 Å². The molecule has 2 heterocycles. The van der Waals surface area contributed by atoms with E-state index in [1.54, 1.807) is 17.0 Å². The number of fused-ring (bicyclic) bond motifs is 2. The fourth-order valence-corrected chi connectivity index (χ4v) is 4.36. The number of ether oxygens (including phenoxy) is 2. The zero-order valence-electron chi connectivity index (χ0n) is 19.5. The number of piperazine rings is 1. The minimum Gasteiger partial charge on any atom is -0.454 e. The third-order valence-electron chi connectivity index (χ3n) is 6.23. The second-order valence-corrected chi connectivity index (χ2v) is 8.74. The first kappa shape index (κ1) is 23.7. The highest BCUT2D eigenvalue weighted by molar-refractivity contribution is 6.03. The summed E-state index contributed by atoms with van der Waals surface area (Å²) in [6.45, 7) is 3.49. The molecule has 0 spiro atoms. The molecule has 0 aliphatic carbocycles. The van der Waals surface area contributed by atoms with Gasteiger partial charge in [-0.1, -0.05) is 42.5 Å². The number of carbonyl (C=O) groups is 1. The molecule has 0 bridgehead atoms. The molecule has 6 nitrogen and oxygen atoms in total. The maximum atomic E-state index is 13.3. The fraction of sp³-hybridized carbons (Fsp3) is 0.259. The number of aliphatic imine (C=N–C) groups is 1. The number of para-hydroxylation sites is 1. The lowest BCUT2D eigenvalue weighted by molar-refractivity contribution is -0.137. The molecule has 36 heavy (non-hydrogen) atoms. The van der Waals surface area contributed by atoms with Crippen LogP contribution in [-0.2, 0) is 17.5 Å². The minimum absolute atomic E-state index is 0.0449. The van der Waals surface area contributed by atoms with E-state index >= 15 is 0 Å². The fourth-order valence-electron chi connectivity index (χ4n) is 4.36. The lowest BCUT2D eigenvalue weighted by Crippen LogP contribution is -2.55. The molecular weight excluding hydrogens is 471 g/mol. The molecule has 0 N–H and O–H groups in total. The highest BCUT2D eigenvalue weighted by Gasteiger charge is 2.34. The number of amides is 1. The molecule has 1 fully saturated rings. The van der Waals surface area contributed by atoms with Crippen molar-refractivity contribution in [1.29, 1.82) is 0 Å². The standard InChI is InChI=1S/C27H24F3N3O3/c1-18-16-32(13-14-33(18)26(34)35-17-19-7-3-2-4-8-19)25-21-9-5-6-10-23(21)36-24-15-20(27(28,29)30)11-12-22(24)31-25/h2-12,15,18H,13-14,16-17H2,1H3/t18-/m0/s1. The van der Waals surface area contributed by atoms with Crippen LogP contribution < -0.4 is 4.74 Å². The number of hydrogen-bond donors (Lipinski definition) is 0. The van der Waals surface area contributed by atoms with E-state index in [0.717, 1.165) is 17.7 Å². The van der Waals surface area contributed by atoms with E-state index in [4.69, 9.17) is 14.5 Å². The Morgan fingerprint density at radius 3 is 2.53 bits per heavy atom. The summed E-state index contributed by atoms with van der Waals surface area (Å²) in [6.07, 6.45) is -4.87. The van der Waals surface area contributed by atoms with E-state index in [9.17, 15) is 18.0 Å². The minimum atomic E-state index is -4.49. The van der Waals surface area contributed by atoms with Crippen molar-refractivity contribution in [2.24, 2.45) is 4.99 Å². The van der Waals surface area contributed by atoms with Crippen molar-refractivity contribution in [3.63, 3.8) is 0 Å². The molecule has 5 rings (SSSR count). The molecule has 3 aromatic carbocycles. The van der Waals surface area contributed by atoms with Crippen molar-refractivity contribution < 1.29 is 27.4 Å². The van der Waals surface area contributed by atoms with Crippen molar-refractivity contribution in [2.75, 3.05) is 19.6 Å². The predicted octanol–water partition coefficient (Wildman–Crippen LogP) is 6.23. The summed E-state index contributed by atoms with van der Waals surface area (Å²) in [5.74, 6) is 1.06. The van der Waals surface area contributed by atoms with Crippen molar-refractivity contribution in [3.8, 4) is 11.5 Å². The van der Waals surface area contributed by atoms with Crippen molar-refractivity contribution in [3.05, 3.63) is 89.5 Å². The van der Waals surface area contributed by atoms with Gasteiger partial charge in [0.2, 0.25) is 0 Å². The maximum Gasteiger partial charge on any atom is 0.416 e. The first-order chi connectivity index (χ1) is 17.3. The maximum absolute atomic E-state index is 13.3. The van der Waals surface area contributed by atoms with Gasteiger partial charge in [0.25, 0.3) is 0 Å². The number of carbonyl (C=O) groups excluding carboxylic acids is 1. The summed E-state index contributed by atoms with van der Waals surface area (Å²) < 4.78 is 51.2. The monoisotopic (exact) mass is 495 g/mol. The SMILES string of the molecule is C[C@H]1CN(C2=Nc3ccc(C(F)(F)F)cc3Oc3ccccc32)CCN1C(=O)OCc1ccccc1. The molecule has 0 saturated carbocycles. The molecule has 2 aliphatic heterocycles. The summed E-state index contributed by atoms with van der Waals surface area (Å²) in [5.41, 5.74) is 1.10. The zero-order valence-corrected chi connectivity index (χ0v) is 19.5. The Kier molecular flexibility index (Phi) is 6.30. The van der Waals surface area contributed by atoms with Gasteiger partial charge in [0.1, 0.15) is 23.9 Å². The van der Waals surface area contributed by atoms with Crippen molar-refractivity contribution >= 4 is 17.6 Å². The van der Waals surface area contributed by atoms with Gasteiger partial charge < -0.3 is 19.3 Å². The number of nitrogens with zero attached hydrogens (tertiary/aromatic N) is 3. The summed E-state index contributed by atoms with van der Waals surface area (Å²) in [7, 11) is 0. The van der Waals surface area contributed by atoms with E-state index in [1.807, 2.05) is 54.3 Å². The summed E-state index contributed by atoms with van der Waals surface area (Å²) >= 11 is 0. The van der Waals surface area contributed by atoms with Gasteiger partial charge in [-0.05, 0) is 42.8 Å². The molecule has 1 atom stereocenters. The van der Waals surface area contributed by atoms with Crippen molar-refractivity contribution in [1.82, 2.24) is 9.80 Å². The Bertz CT molecular complexity index is 1290. The first-order valence-electron chi connectivity index (χ1n) is 11.6. The number of benzene rings is 3. The second kappa shape index (κ2) is 9.56. The molecule has 0 radical (unpaired) electrons. The summed E-state index contributed by atoms with van der Waals surface area (Å²) in [6, 6.07) is 19.7. The first-order valence-corrected chi connectivity index (χ1v) is 11.6. The number of amidine groups is 1. The van der Waals surface area contributed by atoms with Crippen LogP contribution in [0.3, 0.4) is 0 Å². The number of alkyl halides is 3. The third kappa shape index (κ3) is 4.86. The summed E-state index contributed by atoms with van der Waals surface area (Å²) in [5, 5.41) is 0. The average molecular weight is 496 g/mol. The van der Waals surface area contributed by atoms with Gasteiger partial charge in [-0.15, -0.1) is 0 Å². The Hall–Kier alpha value is -4.01. The molecule has 2 aliphatic rings. The Balaban J connectivity index is 1.37. The Labute approximate surface area is 206 Å². The second-order valence-electron chi connectivity index (χ2n) is 8.74. The van der Waals surface area contributed by atoms with Crippen LogP contribution in [0.1, 0.15) is 23.6 Å². The van der Waals surface area contributed by atoms with Crippen LogP contribution in [0.15, 0.2) is 77.8 Å². The molecule has 0 aromatic heterocycles. The highest BCUT2D eigenvalue weighted by Crippen LogP contribution is 2.42. The van der Waals surface area contributed by atoms with Gasteiger partial charge in [0, 0.05) is 25.7 Å². The Morgan fingerprint density at radius 1 is 1.03 bits per heavy atom. The van der Waals surface area contributed by atoms with Crippen LogP contribution in [0, 0.1) is 0 Å². The van der Waals surface area contributed by atoms with Crippen LogP contribution in [0.2, 0.25) is 0 Å². The van der Waals surface area contributed by atoms with Crippen LogP contribution in [0.4, 0.5) is 23.7 Å². The van der Waals surface area contributed by atoms with Crippen LogP contribution >= 0.6 is 0 Å². The smallest absolute Gasteiger partial charge is 0.416 e. The van der Waals surface area contributed by atoms with Crippen LogP contribution in [-0.4, -0.2) is 47.4 Å². The van der Waals surface area contributed by atoms with Gasteiger partial charge in [-0.2, -0.15) is 13.2 Å². The average Bonchev–Trinajstić information content (AvgIpc) is 3.03. The lowest BCUT2D eigenvalue weighted by atomic mass is 10.1. The number of hydrogen-bond acceptors (Lipinski definition) is 5. The van der Waals surface area contributed by atoms with Gasteiger partial charge in [0.05, 0.1) is 11.1 Å². The molecular formula is C27H24F3N3O3. The van der Waals surface area contributed by atoms with E-state index in [-0.39, 0.29) is 24.5 Å². The van der Waals surface area contributed by atoms with Crippen LogP contribution in [0.5, 0.6) is 11.5 Å². The molecule has 0 unspecified atom stereocenters. The quantitative estimate of drug-likeness (QED) is 0.423. The Morgan fingerprint density at radius 2 is 1.78 bits per heavy atom. The molecule has 1 amide bonds. The largest absolute Gasteiger partial charge is 0.454 e. The molecule has 1 saturated heterocycles.